The summed E-state index contributed by atoms with van der Waals surface area (Å²) in [5.41, 5.74) is 1.65. The van der Waals surface area contributed by atoms with E-state index in [1.54, 1.807) is 0 Å². The van der Waals surface area contributed by atoms with Crippen LogP contribution in [0, 0.1) is 5.41 Å². The van der Waals surface area contributed by atoms with E-state index in [0.717, 1.165) is 16.7 Å². The normalized spacial score (nSPS) is 16.5. The number of amides is 2. The van der Waals surface area contributed by atoms with Crippen LogP contribution in [-0.2, 0) is 15.1 Å². The number of hydrogen-bond donors (Lipinski definition) is 0. The van der Waals surface area contributed by atoms with Gasteiger partial charge in [0.2, 0.25) is 5.91 Å². The molecule has 3 aromatic carbocycles. The van der Waals surface area contributed by atoms with Crippen molar-refractivity contribution in [3.8, 4) is 0 Å². The van der Waals surface area contributed by atoms with E-state index < -0.39 is 11.6 Å². The van der Waals surface area contributed by atoms with Gasteiger partial charge >= 0.3 is 6.09 Å². The maximum absolute atomic E-state index is 13.9. The highest BCUT2D eigenvalue weighted by molar-refractivity contribution is 5.95. The van der Waals surface area contributed by atoms with Gasteiger partial charge in [0.1, 0.15) is 12.1 Å². The van der Waals surface area contributed by atoms with Gasteiger partial charge in [0.15, 0.2) is 0 Å². The molecule has 1 aliphatic rings. The monoisotopic (exact) mass is 427 g/mol. The lowest BCUT2D eigenvalue weighted by Crippen LogP contribution is -2.49. The molecule has 1 unspecified atom stereocenters. The fourth-order valence-corrected chi connectivity index (χ4v) is 4.66. The van der Waals surface area contributed by atoms with Gasteiger partial charge in [-0.05, 0) is 28.0 Å². The maximum Gasteiger partial charge on any atom is 0.417 e. The average molecular weight is 428 g/mol. The highest BCUT2D eigenvalue weighted by atomic mass is 16.6. The smallest absolute Gasteiger partial charge is 0.417 e. The Bertz CT molecular complexity index is 1030. The predicted molar refractivity (Wildman–Crippen MR) is 125 cm³/mol. The number of benzene rings is 3. The van der Waals surface area contributed by atoms with Gasteiger partial charge in [0.05, 0.1) is 0 Å². The van der Waals surface area contributed by atoms with Gasteiger partial charge in [-0.2, -0.15) is 0 Å². The summed E-state index contributed by atoms with van der Waals surface area (Å²) in [4.78, 5) is 28.2. The zero-order chi connectivity index (χ0) is 22.8. The number of rotatable bonds is 5. The summed E-state index contributed by atoms with van der Waals surface area (Å²) in [5.74, 6) is -0.280. The molecule has 4 heteroatoms. The summed E-state index contributed by atoms with van der Waals surface area (Å²) in [5, 5.41) is 0. The zero-order valence-electron chi connectivity index (χ0n) is 18.8. The molecule has 32 heavy (non-hydrogen) atoms. The lowest BCUT2D eigenvalue weighted by molar-refractivity contribution is -0.132. The van der Waals surface area contributed by atoms with Crippen LogP contribution in [-0.4, -0.2) is 23.5 Å². The van der Waals surface area contributed by atoms with Crippen LogP contribution in [0.25, 0.3) is 0 Å². The highest BCUT2D eigenvalue weighted by Gasteiger charge is 2.53. The Hall–Kier alpha value is -3.40. The van der Waals surface area contributed by atoms with Crippen molar-refractivity contribution in [1.29, 1.82) is 0 Å². The third kappa shape index (κ3) is 3.93. The molecule has 1 atom stereocenters. The molecule has 1 heterocycles. The van der Waals surface area contributed by atoms with Crippen molar-refractivity contribution >= 4 is 12.0 Å². The summed E-state index contributed by atoms with van der Waals surface area (Å²) in [7, 11) is 0. The number of imide groups is 1. The van der Waals surface area contributed by atoms with Crippen molar-refractivity contribution < 1.29 is 14.3 Å². The molecule has 2 amide bonds. The Balaban J connectivity index is 1.79. The lowest BCUT2D eigenvalue weighted by atomic mass is 9.74. The number of carbonyl (C=O) groups is 2. The van der Waals surface area contributed by atoms with E-state index in [0.29, 0.717) is 0 Å². The van der Waals surface area contributed by atoms with E-state index in [1.165, 1.54) is 4.90 Å². The van der Waals surface area contributed by atoms with Crippen LogP contribution in [0.5, 0.6) is 0 Å². The minimum absolute atomic E-state index is 0.0474. The van der Waals surface area contributed by atoms with Crippen molar-refractivity contribution in [2.24, 2.45) is 5.41 Å². The molecule has 1 saturated heterocycles. The van der Waals surface area contributed by atoms with Crippen molar-refractivity contribution in [3.05, 3.63) is 108 Å². The lowest BCUT2D eigenvalue weighted by Gasteiger charge is -2.37. The largest absolute Gasteiger partial charge is 0.446 e. The molecule has 4 rings (SSSR count). The molecule has 0 N–H and O–H groups in total. The van der Waals surface area contributed by atoms with Gasteiger partial charge in [-0.1, -0.05) is 112 Å². The first-order valence-corrected chi connectivity index (χ1v) is 11.0. The van der Waals surface area contributed by atoms with E-state index in [-0.39, 0.29) is 30.3 Å². The van der Waals surface area contributed by atoms with Crippen LogP contribution in [0.4, 0.5) is 4.79 Å². The van der Waals surface area contributed by atoms with Crippen LogP contribution in [0.2, 0.25) is 0 Å². The standard InChI is InChI=1S/C28H29NO3/c1-27(2,3)24(21-13-7-4-8-14-21)19-25(30)29-26(31)32-20-28(29,22-15-9-5-10-16-22)23-17-11-6-12-18-23/h4-18,24H,19-20H2,1-3H3. The molecule has 0 aliphatic carbocycles. The second-order valence-electron chi connectivity index (χ2n) is 9.41. The molecule has 1 aliphatic heterocycles. The second-order valence-corrected chi connectivity index (χ2v) is 9.41. The minimum atomic E-state index is -0.990. The van der Waals surface area contributed by atoms with E-state index in [2.05, 4.69) is 20.8 Å². The van der Waals surface area contributed by atoms with E-state index >= 15 is 0 Å². The van der Waals surface area contributed by atoms with E-state index in [9.17, 15) is 9.59 Å². The number of hydrogen-bond acceptors (Lipinski definition) is 3. The summed E-state index contributed by atoms with van der Waals surface area (Å²) in [6.07, 6.45) is -0.382. The molecule has 0 spiro atoms. The van der Waals surface area contributed by atoms with Crippen molar-refractivity contribution in [2.75, 3.05) is 6.61 Å². The quantitative estimate of drug-likeness (QED) is 0.492. The first-order valence-electron chi connectivity index (χ1n) is 11.0. The van der Waals surface area contributed by atoms with Gasteiger partial charge < -0.3 is 4.74 Å². The Labute approximate surface area is 189 Å². The van der Waals surface area contributed by atoms with Crippen molar-refractivity contribution in [2.45, 2.75) is 38.6 Å². The molecule has 0 bridgehead atoms. The van der Waals surface area contributed by atoms with Crippen LogP contribution in [0.3, 0.4) is 0 Å². The molecular weight excluding hydrogens is 398 g/mol. The summed E-state index contributed by atoms with van der Waals surface area (Å²) < 4.78 is 5.55. The maximum atomic E-state index is 13.9. The molecule has 0 saturated carbocycles. The van der Waals surface area contributed by atoms with Gasteiger partial charge in [0, 0.05) is 6.42 Å². The third-order valence-corrected chi connectivity index (χ3v) is 6.35. The molecule has 0 radical (unpaired) electrons. The summed E-state index contributed by atoms with van der Waals surface area (Å²) >= 11 is 0. The van der Waals surface area contributed by atoms with Crippen LogP contribution >= 0.6 is 0 Å². The Morgan fingerprint density at radius 2 is 1.34 bits per heavy atom. The molecule has 3 aromatic rings. The summed E-state index contributed by atoms with van der Waals surface area (Å²) in [6, 6.07) is 29.4. The Morgan fingerprint density at radius 1 is 0.875 bits per heavy atom. The molecular formula is C28H29NO3. The Kier molecular flexibility index (Phi) is 5.88. The van der Waals surface area contributed by atoms with Gasteiger partial charge in [-0.25, -0.2) is 9.69 Å². The van der Waals surface area contributed by atoms with Gasteiger partial charge in [-0.3, -0.25) is 4.79 Å². The average Bonchev–Trinajstić information content (AvgIpc) is 3.16. The minimum Gasteiger partial charge on any atom is -0.446 e. The van der Waals surface area contributed by atoms with Crippen molar-refractivity contribution in [1.82, 2.24) is 4.90 Å². The SMILES string of the molecule is CC(C)(C)C(CC(=O)N1C(=O)OCC1(c1ccccc1)c1ccccc1)c1ccccc1. The number of ether oxygens (including phenoxy) is 1. The zero-order valence-corrected chi connectivity index (χ0v) is 18.8. The third-order valence-electron chi connectivity index (χ3n) is 6.35. The first kappa shape index (κ1) is 21.8. The predicted octanol–water partition coefficient (Wildman–Crippen LogP) is 6.13. The second kappa shape index (κ2) is 8.62. The number of nitrogens with zero attached hydrogens (tertiary/aromatic N) is 1. The fourth-order valence-electron chi connectivity index (χ4n) is 4.66. The van der Waals surface area contributed by atoms with E-state index in [4.69, 9.17) is 4.74 Å². The number of cyclic esters (lactones) is 1. The molecule has 0 aromatic heterocycles. The van der Waals surface area contributed by atoms with Crippen LogP contribution < -0.4 is 0 Å². The van der Waals surface area contributed by atoms with Gasteiger partial charge in [-0.15, -0.1) is 0 Å². The van der Waals surface area contributed by atoms with Gasteiger partial charge in [0.25, 0.3) is 0 Å². The molecule has 164 valence electrons. The number of carbonyl (C=O) groups excluding carboxylic acids is 2. The molecule has 1 fully saturated rings. The topological polar surface area (TPSA) is 46.6 Å². The van der Waals surface area contributed by atoms with Crippen molar-refractivity contribution in [3.63, 3.8) is 0 Å². The van der Waals surface area contributed by atoms with Crippen LogP contribution in [0.15, 0.2) is 91.0 Å². The molecule has 4 nitrogen and oxygen atoms in total. The first-order chi connectivity index (χ1) is 15.3. The highest BCUT2D eigenvalue weighted by Crippen LogP contribution is 2.44. The summed E-state index contributed by atoms with van der Waals surface area (Å²) in [6.45, 7) is 6.47. The fraction of sp³-hybridized carbons (Fsp3) is 0.286. The Morgan fingerprint density at radius 3 is 1.81 bits per heavy atom. The van der Waals surface area contributed by atoms with E-state index in [1.807, 2.05) is 91.0 Å². The van der Waals surface area contributed by atoms with Crippen LogP contribution in [0.1, 0.15) is 49.8 Å².